The van der Waals surface area contributed by atoms with Gasteiger partial charge in [0.15, 0.2) is 5.17 Å². The summed E-state index contributed by atoms with van der Waals surface area (Å²) in [7, 11) is 0. The molecule has 1 aliphatic carbocycles. The van der Waals surface area contributed by atoms with E-state index in [9.17, 15) is 0 Å². The van der Waals surface area contributed by atoms with Crippen LogP contribution in [-0.4, -0.2) is 23.2 Å². The highest BCUT2D eigenvalue weighted by molar-refractivity contribution is 8.17. The van der Waals surface area contributed by atoms with E-state index >= 15 is 0 Å². The van der Waals surface area contributed by atoms with Gasteiger partial charge in [-0.3, -0.25) is 4.99 Å². The maximum Gasteiger partial charge on any atom is 0.168 e. The van der Waals surface area contributed by atoms with Crippen molar-refractivity contribution in [3.63, 3.8) is 0 Å². The summed E-state index contributed by atoms with van der Waals surface area (Å²) in [5.74, 6) is 0.740. The third-order valence-corrected chi connectivity index (χ3v) is 5.82. The second-order valence-electron chi connectivity index (χ2n) is 6.00. The average Bonchev–Trinajstić information content (AvgIpc) is 2.90. The van der Waals surface area contributed by atoms with Gasteiger partial charge in [-0.25, -0.2) is 0 Å². The number of rotatable bonds is 2. The van der Waals surface area contributed by atoms with Crippen molar-refractivity contribution < 1.29 is 4.42 Å². The zero-order valence-corrected chi connectivity index (χ0v) is 12.7. The molecule has 4 heteroatoms. The van der Waals surface area contributed by atoms with E-state index in [1.807, 2.05) is 11.8 Å². The highest BCUT2D eigenvalue weighted by atomic mass is 32.2. The number of fused-ring (bicyclic) bond motifs is 2. The van der Waals surface area contributed by atoms with Crippen molar-refractivity contribution in [2.75, 3.05) is 13.1 Å². The van der Waals surface area contributed by atoms with E-state index < -0.39 is 0 Å². The lowest BCUT2D eigenvalue weighted by molar-refractivity contribution is 0.607. The van der Waals surface area contributed by atoms with Gasteiger partial charge >= 0.3 is 0 Å². The molecule has 5 rings (SSSR count). The quantitative estimate of drug-likeness (QED) is 0.830. The highest BCUT2D eigenvalue weighted by Crippen LogP contribution is 2.53. The Kier molecular flexibility index (Phi) is 2.37. The Morgan fingerprint density at radius 2 is 2.19 bits per heavy atom. The van der Waals surface area contributed by atoms with Crippen LogP contribution in [0.1, 0.15) is 24.0 Å². The fourth-order valence-electron chi connectivity index (χ4n) is 3.29. The molecule has 1 aromatic carbocycles. The first-order valence-electron chi connectivity index (χ1n) is 7.54. The second-order valence-corrected chi connectivity index (χ2v) is 7.01. The minimum absolute atomic E-state index is 0.740. The summed E-state index contributed by atoms with van der Waals surface area (Å²) in [4.78, 5) is 8.56. The van der Waals surface area contributed by atoms with Crippen LogP contribution in [0.25, 0.3) is 16.7 Å². The van der Waals surface area contributed by atoms with Crippen molar-refractivity contribution in [2.45, 2.75) is 19.8 Å². The van der Waals surface area contributed by atoms with Crippen LogP contribution in [0, 0.1) is 12.8 Å². The molecule has 0 saturated heterocycles. The van der Waals surface area contributed by atoms with Gasteiger partial charge in [-0.1, -0.05) is 17.8 Å². The minimum Gasteiger partial charge on any atom is -0.464 e. The van der Waals surface area contributed by atoms with Crippen molar-refractivity contribution in [1.29, 1.82) is 0 Å². The molecule has 2 aliphatic heterocycles. The SMILES string of the molecule is Cc1ccc(C2=C(C3CC3)SC3=NCCN32)c2occc12. The molecule has 0 N–H and O–H groups in total. The van der Waals surface area contributed by atoms with Crippen LogP contribution in [0.4, 0.5) is 0 Å². The summed E-state index contributed by atoms with van der Waals surface area (Å²) in [6, 6.07) is 6.51. The van der Waals surface area contributed by atoms with Gasteiger partial charge in [-0.15, -0.1) is 0 Å². The summed E-state index contributed by atoms with van der Waals surface area (Å²) in [6.07, 6.45) is 4.44. The van der Waals surface area contributed by atoms with Crippen molar-refractivity contribution in [3.05, 3.63) is 40.5 Å². The predicted molar refractivity (Wildman–Crippen MR) is 87.2 cm³/mol. The van der Waals surface area contributed by atoms with Crippen LogP contribution in [0.5, 0.6) is 0 Å². The molecule has 0 radical (unpaired) electrons. The number of hydrogen-bond donors (Lipinski definition) is 0. The summed E-state index contributed by atoms with van der Waals surface area (Å²) in [5.41, 5.74) is 4.90. The normalized spacial score (nSPS) is 21.4. The smallest absolute Gasteiger partial charge is 0.168 e. The molecule has 0 atom stereocenters. The Hall–Kier alpha value is -1.68. The monoisotopic (exact) mass is 296 g/mol. The summed E-state index contributed by atoms with van der Waals surface area (Å²) >= 11 is 1.88. The number of hydrogen-bond acceptors (Lipinski definition) is 4. The van der Waals surface area contributed by atoms with Crippen LogP contribution >= 0.6 is 11.8 Å². The second kappa shape index (κ2) is 4.17. The number of aliphatic imine (C=N–C) groups is 1. The number of nitrogens with zero attached hydrogens (tertiary/aromatic N) is 2. The van der Waals surface area contributed by atoms with Gasteiger partial charge in [0, 0.05) is 22.4 Å². The minimum atomic E-state index is 0.740. The molecule has 0 spiro atoms. The van der Waals surface area contributed by atoms with E-state index in [-0.39, 0.29) is 0 Å². The zero-order chi connectivity index (χ0) is 14.0. The molecule has 3 heterocycles. The number of furan rings is 1. The fourth-order valence-corrected chi connectivity index (χ4v) is 4.65. The average molecular weight is 296 g/mol. The van der Waals surface area contributed by atoms with Gasteiger partial charge in [0.1, 0.15) is 5.58 Å². The molecule has 3 nitrogen and oxygen atoms in total. The Morgan fingerprint density at radius 3 is 3.05 bits per heavy atom. The lowest BCUT2D eigenvalue weighted by atomic mass is 10.0. The molecular formula is C17H16N2OS. The van der Waals surface area contributed by atoms with Gasteiger partial charge in [0.05, 0.1) is 18.5 Å². The largest absolute Gasteiger partial charge is 0.464 e. The topological polar surface area (TPSA) is 28.7 Å². The molecule has 1 saturated carbocycles. The fraction of sp³-hybridized carbons (Fsp3) is 0.353. The number of amidine groups is 1. The van der Waals surface area contributed by atoms with Crippen molar-refractivity contribution >= 4 is 33.6 Å². The standard InChI is InChI=1S/C17H16N2OS/c1-10-2-5-13(15-12(10)6-9-20-15)14-16(11-3-4-11)21-17-18-7-8-19(14)17/h2,5-6,9,11H,3-4,7-8H2,1H3. The molecule has 1 fully saturated rings. The van der Waals surface area contributed by atoms with Crippen LogP contribution in [0.3, 0.4) is 0 Å². The van der Waals surface area contributed by atoms with E-state index in [1.54, 1.807) is 6.26 Å². The zero-order valence-electron chi connectivity index (χ0n) is 11.9. The summed E-state index contributed by atoms with van der Waals surface area (Å²) in [5, 5.41) is 2.41. The van der Waals surface area contributed by atoms with E-state index in [1.165, 1.54) is 45.1 Å². The molecule has 21 heavy (non-hydrogen) atoms. The number of benzene rings is 1. The van der Waals surface area contributed by atoms with Crippen LogP contribution in [0.2, 0.25) is 0 Å². The number of allylic oxidation sites excluding steroid dienone is 1. The third kappa shape index (κ3) is 1.65. The molecule has 2 aromatic rings. The van der Waals surface area contributed by atoms with Crippen LogP contribution < -0.4 is 0 Å². The predicted octanol–water partition coefficient (Wildman–Crippen LogP) is 4.24. The maximum absolute atomic E-state index is 5.83. The van der Waals surface area contributed by atoms with E-state index in [2.05, 4.69) is 35.0 Å². The molecule has 1 aromatic heterocycles. The van der Waals surface area contributed by atoms with Gasteiger partial charge < -0.3 is 9.32 Å². The Morgan fingerprint density at radius 1 is 1.29 bits per heavy atom. The maximum atomic E-state index is 5.83. The molecule has 3 aliphatic rings. The molecule has 0 unspecified atom stereocenters. The van der Waals surface area contributed by atoms with Crippen LogP contribution in [0.15, 0.2) is 38.8 Å². The first-order valence-corrected chi connectivity index (χ1v) is 8.36. The Bertz CT molecular complexity index is 813. The Labute approximate surface area is 127 Å². The van der Waals surface area contributed by atoms with Crippen molar-refractivity contribution in [1.82, 2.24) is 4.90 Å². The summed E-state index contributed by atoms with van der Waals surface area (Å²) in [6.45, 7) is 4.06. The molecule has 0 amide bonds. The molecular weight excluding hydrogens is 280 g/mol. The van der Waals surface area contributed by atoms with Crippen molar-refractivity contribution in [3.8, 4) is 0 Å². The van der Waals surface area contributed by atoms with E-state index in [0.29, 0.717) is 0 Å². The van der Waals surface area contributed by atoms with Gasteiger partial charge in [0.2, 0.25) is 0 Å². The highest BCUT2D eigenvalue weighted by Gasteiger charge is 2.40. The van der Waals surface area contributed by atoms with Gasteiger partial charge in [0.25, 0.3) is 0 Å². The number of aryl methyl sites for hydroxylation is 1. The summed E-state index contributed by atoms with van der Waals surface area (Å²) < 4.78 is 5.83. The Balaban J connectivity index is 1.76. The lowest BCUT2D eigenvalue weighted by Crippen LogP contribution is -2.20. The third-order valence-electron chi connectivity index (χ3n) is 4.54. The molecule has 0 bridgehead atoms. The van der Waals surface area contributed by atoms with E-state index in [4.69, 9.17) is 4.42 Å². The van der Waals surface area contributed by atoms with Gasteiger partial charge in [-0.05, 0) is 43.4 Å². The first-order chi connectivity index (χ1) is 10.3. The first kappa shape index (κ1) is 11.9. The van der Waals surface area contributed by atoms with E-state index in [0.717, 1.165) is 24.6 Å². The molecule has 106 valence electrons. The van der Waals surface area contributed by atoms with Crippen molar-refractivity contribution in [2.24, 2.45) is 10.9 Å². The van der Waals surface area contributed by atoms with Gasteiger partial charge in [-0.2, -0.15) is 0 Å². The number of thioether (sulfide) groups is 1. The lowest BCUT2D eigenvalue weighted by Gasteiger charge is -2.18. The van der Waals surface area contributed by atoms with Crippen LogP contribution in [-0.2, 0) is 0 Å².